The van der Waals surface area contributed by atoms with Gasteiger partial charge in [-0.3, -0.25) is 4.79 Å². The zero-order valence-electron chi connectivity index (χ0n) is 9.00. The molecule has 0 aromatic carbocycles. The highest BCUT2D eigenvalue weighted by molar-refractivity contribution is 5.82. The molecule has 1 fully saturated rings. The van der Waals surface area contributed by atoms with Crippen LogP contribution < -0.4 is 5.73 Å². The van der Waals surface area contributed by atoms with Crippen molar-refractivity contribution in [1.29, 1.82) is 0 Å². The van der Waals surface area contributed by atoms with E-state index in [4.69, 9.17) is 10.2 Å². The van der Waals surface area contributed by atoms with Gasteiger partial charge in [0.25, 0.3) is 0 Å². The van der Waals surface area contributed by atoms with Gasteiger partial charge in [0, 0.05) is 13.1 Å². The van der Waals surface area contributed by atoms with Crippen LogP contribution in [0.25, 0.3) is 0 Å². The molecule has 1 aliphatic rings. The Labute approximate surface area is 93.8 Å². The standard InChI is InChI=1S/C11H16N2O3/c12-9(10(14)8-4-3-7-16-8)11(15)13-5-1-2-6-13/h3-4,7,9-10,14H,1-2,5-6,12H2. The van der Waals surface area contributed by atoms with Crippen molar-refractivity contribution in [1.82, 2.24) is 4.90 Å². The lowest BCUT2D eigenvalue weighted by Gasteiger charge is -2.22. The summed E-state index contributed by atoms with van der Waals surface area (Å²) in [6.07, 6.45) is 2.40. The van der Waals surface area contributed by atoms with Gasteiger partial charge in [0.15, 0.2) is 0 Å². The average Bonchev–Trinajstić information content (AvgIpc) is 2.97. The second-order valence-corrected chi connectivity index (χ2v) is 4.02. The molecule has 0 spiro atoms. The summed E-state index contributed by atoms with van der Waals surface area (Å²) in [5.74, 6) is 0.126. The molecule has 0 bridgehead atoms. The van der Waals surface area contributed by atoms with E-state index < -0.39 is 12.1 Å². The highest BCUT2D eigenvalue weighted by Crippen LogP contribution is 2.19. The summed E-state index contributed by atoms with van der Waals surface area (Å²) in [6.45, 7) is 1.47. The molecule has 2 atom stereocenters. The van der Waals surface area contributed by atoms with Crippen molar-refractivity contribution < 1.29 is 14.3 Å². The molecule has 5 heteroatoms. The minimum atomic E-state index is -1.07. The van der Waals surface area contributed by atoms with Gasteiger partial charge in [0.1, 0.15) is 17.9 Å². The smallest absolute Gasteiger partial charge is 0.242 e. The van der Waals surface area contributed by atoms with Crippen LogP contribution in [-0.4, -0.2) is 35.0 Å². The van der Waals surface area contributed by atoms with E-state index in [1.165, 1.54) is 6.26 Å². The Hall–Kier alpha value is -1.33. The maximum absolute atomic E-state index is 11.9. The maximum Gasteiger partial charge on any atom is 0.242 e. The molecule has 2 unspecified atom stereocenters. The third-order valence-electron chi connectivity index (χ3n) is 2.88. The summed E-state index contributed by atoms with van der Waals surface area (Å²) in [4.78, 5) is 13.6. The fourth-order valence-corrected chi connectivity index (χ4v) is 1.92. The van der Waals surface area contributed by atoms with Crippen molar-refractivity contribution in [2.24, 2.45) is 5.73 Å². The number of rotatable bonds is 3. The van der Waals surface area contributed by atoms with Gasteiger partial charge < -0.3 is 20.2 Å². The number of hydrogen-bond donors (Lipinski definition) is 2. The first-order valence-electron chi connectivity index (χ1n) is 5.46. The summed E-state index contributed by atoms with van der Waals surface area (Å²) in [5.41, 5.74) is 5.73. The highest BCUT2D eigenvalue weighted by atomic mass is 16.4. The Morgan fingerprint density at radius 1 is 1.50 bits per heavy atom. The highest BCUT2D eigenvalue weighted by Gasteiger charge is 2.30. The fourth-order valence-electron chi connectivity index (χ4n) is 1.92. The van der Waals surface area contributed by atoms with Gasteiger partial charge in [-0.15, -0.1) is 0 Å². The predicted octanol–water partition coefficient (Wildman–Crippen LogP) is 0.263. The van der Waals surface area contributed by atoms with Crippen LogP contribution in [0.3, 0.4) is 0 Å². The van der Waals surface area contributed by atoms with Crippen molar-refractivity contribution >= 4 is 5.91 Å². The van der Waals surface area contributed by atoms with E-state index >= 15 is 0 Å². The van der Waals surface area contributed by atoms with E-state index in [-0.39, 0.29) is 5.91 Å². The second kappa shape index (κ2) is 4.67. The Kier molecular flexibility index (Phi) is 3.26. The van der Waals surface area contributed by atoms with Gasteiger partial charge in [-0.25, -0.2) is 0 Å². The van der Waals surface area contributed by atoms with Gasteiger partial charge in [-0.05, 0) is 25.0 Å². The first-order valence-corrected chi connectivity index (χ1v) is 5.46. The largest absolute Gasteiger partial charge is 0.467 e. The molecule has 0 aliphatic carbocycles. The van der Waals surface area contributed by atoms with E-state index in [1.807, 2.05) is 0 Å². The van der Waals surface area contributed by atoms with E-state index in [0.717, 1.165) is 25.9 Å². The summed E-state index contributed by atoms with van der Waals surface area (Å²) >= 11 is 0. The minimum Gasteiger partial charge on any atom is -0.467 e. The van der Waals surface area contributed by atoms with Crippen LogP contribution in [0.4, 0.5) is 0 Å². The molecule has 1 aromatic heterocycles. The van der Waals surface area contributed by atoms with Gasteiger partial charge in [-0.2, -0.15) is 0 Å². The molecule has 3 N–H and O–H groups in total. The van der Waals surface area contributed by atoms with Crippen LogP contribution in [0.2, 0.25) is 0 Å². The predicted molar refractivity (Wildman–Crippen MR) is 57.5 cm³/mol. The lowest BCUT2D eigenvalue weighted by Crippen LogP contribution is -2.45. The number of carbonyl (C=O) groups is 1. The summed E-state index contributed by atoms with van der Waals surface area (Å²) in [7, 11) is 0. The molecule has 2 heterocycles. The number of hydrogen-bond acceptors (Lipinski definition) is 4. The fraction of sp³-hybridized carbons (Fsp3) is 0.545. The third-order valence-corrected chi connectivity index (χ3v) is 2.88. The molecule has 1 amide bonds. The topological polar surface area (TPSA) is 79.7 Å². The minimum absolute atomic E-state index is 0.207. The zero-order chi connectivity index (χ0) is 11.5. The lowest BCUT2D eigenvalue weighted by atomic mass is 10.1. The van der Waals surface area contributed by atoms with Gasteiger partial charge >= 0.3 is 0 Å². The SMILES string of the molecule is NC(C(=O)N1CCCC1)C(O)c1ccco1. The summed E-state index contributed by atoms with van der Waals surface area (Å²) in [5, 5.41) is 9.84. The van der Waals surface area contributed by atoms with Gasteiger partial charge in [-0.1, -0.05) is 0 Å². The number of nitrogens with two attached hydrogens (primary N) is 1. The quantitative estimate of drug-likeness (QED) is 0.772. The third kappa shape index (κ3) is 2.10. The van der Waals surface area contributed by atoms with E-state index in [2.05, 4.69) is 0 Å². The van der Waals surface area contributed by atoms with Crippen molar-refractivity contribution in [3.63, 3.8) is 0 Å². The number of carbonyl (C=O) groups excluding carboxylic acids is 1. The van der Waals surface area contributed by atoms with Crippen molar-refractivity contribution in [2.45, 2.75) is 25.0 Å². The monoisotopic (exact) mass is 224 g/mol. The normalized spacial score (nSPS) is 19.8. The first kappa shape index (κ1) is 11.2. The molecule has 88 valence electrons. The number of aliphatic hydroxyl groups is 1. The maximum atomic E-state index is 11.9. The lowest BCUT2D eigenvalue weighted by molar-refractivity contribution is -0.134. The van der Waals surface area contributed by atoms with Gasteiger partial charge in [0.05, 0.1) is 6.26 Å². The number of furan rings is 1. The first-order chi connectivity index (χ1) is 7.70. The second-order valence-electron chi connectivity index (χ2n) is 4.02. The molecular formula is C11H16N2O3. The molecule has 1 aliphatic heterocycles. The Bertz CT molecular complexity index is 344. The number of amides is 1. The summed E-state index contributed by atoms with van der Waals surface area (Å²) < 4.78 is 5.03. The molecule has 5 nitrogen and oxygen atoms in total. The van der Waals surface area contributed by atoms with E-state index in [1.54, 1.807) is 17.0 Å². The molecule has 16 heavy (non-hydrogen) atoms. The molecule has 1 aromatic rings. The van der Waals surface area contributed by atoms with E-state index in [9.17, 15) is 9.90 Å². The van der Waals surface area contributed by atoms with Crippen LogP contribution >= 0.6 is 0 Å². The Morgan fingerprint density at radius 2 is 2.19 bits per heavy atom. The molecule has 0 radical (unpaired) electrons. The molecular weight excluding hydrogens is 208 g/mol. The van der Waals surface area contributed by atoms with E-state index in [0.29, 0.717) is 5.76 Å². The number of aliphatic hydroxyl groups excluding tert-OH is 1. The number of nitrogens with zero attached hydrogens (tertiary/aromatic N) is 1. The van der Waals surface area contributed by atoms with Crippen LogP contribution in [-0.2, 0) is 4.79 Å². The average molecular weight is 224 g/mol. The molecule has 2 rings (SSSR count). The van der Waals surface area contributed by atoms with Gasteiger partial charge in [0.2, 0.25) is 5.91 Å². The Morgan fingerprint density at radius 3 is 2.75 bits per heavy atom. The van der Waals surface area contributed by atoms with Crippen molar-refractivity contribution in [3.8, 4) is 0 Å². The molecule has 0 saturated carbocycles. The summed E-state index contributed by atoms with van der Waals surface area (Å²) in [6, 6.07) is 2.33. The van der Waals surface area contributed by atoms with Crippen LogP contribution in [0.5, 0.6) is 0 Å². The number of likely N-dealkylation sites (tertiary alicyclic amines) is 1. The van der Waals surface area contributed by atoms with Crippen LogP contribution in [0, 0.1) is 0 Å². The van der Waals surface area contributed by atoms with Crippen molar-refractivity contribution in [2.75, 3.05) is 13.1 Å². The molecule has 1 saturated heterocycles. The van der Waals surface area contributed by atoms with Crippen LogP contribution in [0.1, 0.15) is 24.7 Å². The van der Waals surface area contributed by atoms with Crippen LogP contribution in [0.15, 0.2) is 22.8 Å². The Balaban J connectivity index is 2.01. The zero-order valence-corrected chi connectivity index (χ0v) is 9.00. The van der Waals surface area contributed by atoms with Crippen molar-refractivity contribution in [3.05, 3.63) is 24.2 Å².